The number of halogens is 8. The molecule has 1 aliphatic carbocycles. The van der Waals surface area contributed by atoms with Crippen LogP contribution in [0.4, 0.5) is 40.8 Å². The Bertz CT molecular complexity index is 2170. The van der Waals surface area contributed by atoms with Gasteiger partial charge in [-0.3, -0.25) is 14.4 Å². The van der Waals surface area contributed by atoms with Gasteiger partial charge in [0.05, 0.1) is 22.9 Å². The average Bonchev–Trinajstić information content (AvgIpc) is 3.70. The first-order chi connectivity index (χ1) is 26.3. The van der Waals surface area contributed by atoms with E-state index in [1.165, 1.54) is 52.9 Å². The number of aliphatic carboxylic acids is 1. The van der Waals surface area contributed by atoms with E-state index < -0.39 is 58.8 Å². The van der Waals surface area contributed by atoms with E-state index in [1.807, 2.05) is 0 Å². The van der Waals surface area contributed by atoms with E-state index in [0.29, 0.717) is 6.54 Å². The molecule has 0 atom stereocenters. The van der Waals surface area contributed by atoms with Crippen LogP contribution in [0, 0.1) is 11.6 Å². The molecule has 6 rings (SSSR count). The average molecular weight is 795 g/mol. The van der Waals surface area contributed by atoms with Crippen LogP contribution in [-0.2, 0) is 27.0 Å². The van der Waals surface area contributed by atoms with Gasteiger partial charge in [0.25, 0.3) is 5.91 Å². The third-order valence-electron chi connectivity index (χ3n) is 9.34. The summed E-state index contributed by atoms with van der Waals surface area (Å²) in [7, 11) is 3.19. The van der Waals surface area contributed by atoms with E-state index in [9.17, 15) is 40.7 Å². The lowest BCUT2D eigenvalue weighted by molar-refractivity contribution is -0.192. The first-order valence-electron chi connectivity index (χ1n) is 17.0. The summed E-state index contributed by atoms with van der Waals surface area (Å²) >= 11 is 0. The summed E-state index contributed by atoms with van der Waals surface area (Å²) in [5, 5.41) is 12.6. The van der Waals surface area contributed by atoms with Gasteiger partial charge in [-0.2, -0.15) is 26.3 Å². The lowest BCUT2D eigenvalue weighted by Crippen LogP contribution is -2.35. The molecule has 2 aliphatic rings. The van der Waals surface area contributed by atoms with Crippen molar-refractivity contribution in [2.24, 2.45) is 0 Å². The Morgan fingerprint density at radius 2 is 1.57 bits per heavy atom. The quantitative estimate of drug-likeness (QED) is 0.0916. The highest BCUT2D eigenvalue weighted by Gasteiger charge is 2.39. The summed E-state index contributed by atoms with van der Waals surface area (Å²) < 4.78 is 111. The van der Waals surface area contributed by atoms with Crippen molar-refractivity contribution >= 4 is 34.8 Å². The fraction of sp³-hybridized carbons (Fsp3) is 0.316. The van der Waals surface area contributed by atoms with Crippen LogP contribution in [0.15, 0.2) is 66.9 Å². The number of nitrogens with one attached hydrogen (secondary N) is 2. The number of rotatable bonds is 9. The number of nitrogens with zero attached hydrogens (tertiary/aromatic N) is 2. The smallest absolute Gasteiger partial charge is 0.475 e. The van der Waals surface area contributed by atoms with E-state index in [0.717, 1.165) is 50.0 Å². The SMILES string of the molecule is COC1CCC(NC/C=C/C(=O)Nc2c(F)cc(C(=O)c3ccc4c(-c5cc6c(cc5C(F)(F)F)CN(C)C6=O)cccn34)cc2F)CC1.O=C(O)C(F)(F)F. The minimum absolute atomic E-state index is 0.0476. The molecule has 3 heterocycles. The van der Waals surface area contributed by atoms with Crippen molar-refractivity contribution in [1.82, 2.24) is 14.6 Å². The molecule has 1 saturated carbocycles. The van der Waals surface area contributed by atoms with Crippen molar-refractivity contribution in [3.63, 3.8) is 0 Å². The zero-order chi connectivity index (χ0) is 41.1. The predicted molar refractivity (Wildman–Crippen MR) is 186 cm³/mol. The number of ketones is 1. The number of pyridine rings is 1. The number of fused-ring (bicyclic) bond motifs is 2. The summed E-state index contributed by atoms with van der Waals surface area (Å²) in [6.45, 7) is 0.437. The van der Waals surface area contributed by atoms with Gasteiger partial charge < -0.3 is 29.8 Å². The number of carboxylic acids is 1. The van der Waals surface area contributed by atoms with Crippen molar-refractivity contribution in [3.8, 4) is 11.1 Å². The number of ether oxygens (including phenoxy) is 1. The maximum Gasteiger partial charge on any atom is 0.490 e. The maximum atomic E-state index is 15.1. The first kappa shape index (κ1) is 41.5. The monoisotopic (exact) mass is 794 g/mol. The third kappa shape index (κ3) is 9.25. The van der Waals surface area contributed by atoms with Crippen molar-refractivity contribution in [3.05, 3.63) is 106 Å². The summed E-state index contributed by atoms with van der Waals surface area (Å²) in [4.78, 5) is 48.7. The second kappa shape index (κ2) is 16.6. The molecule has 3 N–H and O–H groups in total. The van der Waals surface area contributed by atoms with Gasteiger partial charge in [0, 0.05) is 62.3 Å². The fourth-order valence-electron chi connectivity index (χ4n) is 6.56. The number of hydrogen-bond acceptors (Lipinski definition) is 6. The Hall–Kier alpha value is -5.62. The lowest BCUT2D eigenvalue weighted by atomic mass is 9.93. The molecule has 18 heteroatoms. The van der Waals surface area contributed by atoms with Crippen molar-refractivity contribution in [1.29, 1.82) is 0 Å². The van der Waals surface area contributed by atoms with E-state index >= 15 is 8.78 Å². The zero-order valence-corrected chi connectivity index (χ0v) is 29.7. The normalized spacial score (nSPS) is 17.2. The van der Waals surface area contributed by atoms with Crippen LogP contribution in [0.3, 0.4) is 0 Å². The van der Waals surface area contributed by atoms with E-state index in [-0.39, 0.29) is 57.7 Å². The number of methoxy groups -OCH3 is 1. The van der Waals surface area contributed by atoms with E-state index in [2.05, 4.69) is 10.6 Å². The molecular formula is C38H34F8N4O6. The molecule has 2 aromatic carbocycles. The van der Waals surface area contributed by atoms with Gasteiger partial charge in [0.2, 0.25) is 11.7 Å². The highest BCUT2D eigenvalue weighted by atomic mass is 19.4. The summed E-state index contributed by atoms with van der Waals surface area (Å²) in [5.41, 5.74) is -1.61. The molecule has 298 valence electrons. The topological polar surface area (TPSA) is 129 Å². The number of carbonyl (C=O) groups excluding carboxylic acids is 3. The molecule has 0 bridgehead atoms. The second-order valence-electron chi connectivity index (χ2n) is 13.1. The van der Waals surface area contributed by atoms with Gasteiger partial charge in [-0.15, -0.1) is 0 Å². The molecule has 56 heavy (non-hydrogen) atoms. The van der Waals surface area contributed by atoms with Gasteiger partial charge in [-0.25, -0.2) is 13.6 Å². The molecule has 2 amide bonds. The number of carboxylic acid groups (broad SMARTS) is 1. The zero-order valence-electron chi connectivity index (χ0n) is 29.7. The Kier molecular flexibility index (Phi) is 12.3. The van der Waals surface area contributed by atoms with Crippen LogP contribution < -0.4 is 10.6 Å². The number of carbonyl (C=O) groups is 4. The van der Waals surface area contributed by atoms with Crippen molar-refractivity contribution in [2.75, 3.05) is 26.0 Å². The van der Waals surface area contributed by atoms with Crippen LogP contribution in [0.2, 0.25) is 0 Å². The minimum atomic E-state index is -5.08. The molecule has 4 aromatic rings. The van der Waals surface area contributed by atoms with Gasteiger partial charge in [0.15, 0.2) is 0 Å². The molecular weight excluding hydrogens is 760 g/mol. The van der Waals surface area contributed by atoms with E-state index in [1.54, 1.807) is 13.2 Å². The standard InChI is InChI=1S/C36H33F5N4O4.C2HF3O2/c1-44-19-21-15-27(36(39,40)41)26(18-25(21)35(44)48)24-5-4-14-45-30(24)11-12-31(45)34(47)20-16-28(37)33(29(38)17-20)43-32(46)6-3-13-42-22-7-9-23(49-2)10-8-22;3-2(4,5)1(6)7/h3-6,11-12,14-18,22-23,42H,7-10,13,19H2,1-2H3,(H,43,46);(H,6,7)/b6-3+;. The van der Waals surface area contributed by atoms with Gasteiger partial charge in [-0.05, 0) is 79.3 Å². The molecule has 10 nitrogen and oxygen atoms in total. The number of amides is 2. The maximum absolute atomic E-state index is 15.1. The highest BCUT2D eigenvalue weighted by Crippen LogP contribution is 2.42. The Morgan fingerprint density at radius 1 is 0.929 bits per heavy atom. The predicted octanol–water partition coefficient (Wildman–Crippen LogP) is 7.40. The number of hydrogen-bond donors (Lipinski definition) is 3. The first-order valence-corrected chi connectivity index (χ1v) is 17.0. The van der Waals surface area contributed by atoms with Crippen LogP contribution in [-0.4, -0.2) is 77.0 Å². The van der Waals surface area contributed by atoms with Crippen molar-refractivity contribution in [2.45, 2.75) is 56.7 Å². The molecule has 0 spiro atoms. The van der Waals surface area contributed by atoms with Gasteiger partial charge in [0.1, 0.15) is 17.3 Å². The second-order valence-corrected chi connectivity index (χ2v) is 13.1. The van der Waals surface area contributed by atoms with Crippen LogP contribution in [0.25, 0.3) is 16.6 Å². The van der Waals surface area contributed by atoms with Gasteiger partial charge in [-0.1, -0.05) is 12.1 Å². The molecule has 2 aromatic heterocycles. The highest BCUT2D eigenvalue weighted by molar-refractivity contribution is 6.10. The molecule has 0 saturated heterocycles. The largest absolute Gasteiger partial charge is 0.490 e. The van der Waals surface area contributed by atoms with Gasteiger partial charge >= 0.3 is 18.3 Å². The molecule has 0 unspecified atom stereocenters. The van der Waals surface area contributed by atoms with Crippen molar-refractivity contribution < 1.29 is 64.1 Å². The number of anilines is 1. The Balaban J connectivity index is 0.000000784. The molecule has 1 fully saturated rings. The van der Waals surface area contributed by atoms with E-state index in [4.69, 9.17) is 14.6 Å². The fourth-order valence-corrected chi connectivity index (χ4v) is 6.56. The van der Waals surface area contributed by atoms with Crippen LogP contribution >= 0.6 is 0 Å². The minimum Gasteiger partial charge on any atom is -0.475 e. The van der Waals surface area contributed by atoms with Crippen LogP contribution in [0.5, 0.6) is 0 Å². The lowest BCUT2D eigenvalue weighted by Gasteiger charge is -2.27. The molecule has 1 aliphatic heterocycles. The number of benzene rings is 2. The molecule has 0 radical (unpaired) electrons. The number of alkyl halides is 6. The summed E-state index contributed by atoms with van der Waals surface area (Å²) in [6, 6.07) is 9.70. The van der Waals surface area contributed by atoms with Crippen LogP contribution in [0.1, 0.15) is 63.2 Å². The Morgan fingerprint density at radius 3 is 2.16 bits per heavy atom. The Labute approximate surface area is 313 Å². The third-order valence-corrected chi connectivity index (χ3v) is 9.34. The summed E-state index contributed by atoms with van der Waals surface area (Å²) in [5.74, 6) is -7.09. The number of aromatic nitrogens is 1. The summed E-state index contributed by atoms with van der Waals surface area (Å²) in [6.07, 6.45) is -1.65.